The van der Waals surface area contributed by atoms with E-state index in [0.29, 0.717) is 0 Å². The van der Waals surface area contributed by atoms with Crippen LogP contribution in [-0.4, -0.2) is 25.0 Å². The van der Waals surface area contributed by atoms with Gasteiger partial charge in [0.25, 0.3) is 0 Å². The summed E-state index contributed by atoms with van der Waals surface area (Å²) < 4.78 is 13.1. The van der Waals surface area contributed by atoms with Gasteiger partial charge in [0.1, 0.15) is 23.0 Å². The van der Waals surface area contributed by atoms with E-state index in [0.717, 1.165) is 23.0 Å². The van der Waals surface area contributed by atoms with Gasteiger partial charge in [0.05, 0.1) is 0 Å². The third-order valence-electron chi connectivity index (χ3n) is 7.00. The van der Waals surface area contributed by atoms with Gasteiger partial charge in [0.15, 0.2) is 0 Å². The van der Waals surface area contributed by atoms with E-state index in [9.17, 15) is 0 Å². The average Bonchev–Trinajstić information content (AvgIpc) is 2.93. The number of ether oxygens (including phenoxy) is 2. The molecule has 0 N–H and O–H groups in total. The Morgan fingerprint density at radius 2 is 0.667 bits per heavy atom. The Morgan fingerprint density at radius 1 is 0.417 bits per heavy atom. The molecule has 0 fully saturated rings. The maximum atomic E-state index is 6.57. The Morgan fingerprint density at radius 3 is 0.889 bits per heavy atom. The Hall–Kier alpha value is -2.12. The highest BCUT2D eigenvalue weighted by Crippen LogP contribution is 2.58. The molecule has 2 heterocycles. The average molecular weight is 547 g/mol. The van der Waals surface area contributed by atoms with Crippen LogP contribution in [0, 0.1) is 0 Å². The van der Waals surface area contributed by atoms with Crippen LogP contribution < -0.4 is 9.47 Å². The molecular formula is C30H26O2S4. The third-order valence-corrected chi connectivity index (χ3v) is 9.90. The molecule has 0 unspecified atom stereocenters. The second-order valence-corrected chi connectivity index (χ2v) is 12.3. The van der Waals surface area contributed by atoms with Crippen molar-refractivity contribution in [3.05, 3.63) is 95.1 Å². The molecule has 2 aliphatic rings. The molecule has 0 radical (unpaired) electrons. The number of rotatable bonds is 5. The van der Waals surface area contributed by atoms with Crippen LogP contribution in [0.15, 0.2) is 92.4 Å². The normalized spacial score (nSPS) is 14.2. The van der Waals surface area contributed by atoms with Crippen LogP contribution in [0.3, 0.4) is 0 Å². The summed E-state index contributed by atoms with van der Waals surface area (Å²) in [5, 5.41) is 0. The zero-order valence-corrected chi connectivity index (χ0v) is 23.8. The Labute approximate surface area is 230 Å². The van der Waals surface area contributed by atoms with E-state index in [1.165, 1.54) is 41.8 Å². The minimum Gasteiger partial charge on any atom is -0.457 e. The van der Waals surface area contributed by atoms with Crippen molar-refractivity contribution in [2.75, 3.05) is 25.0 Å². The van der Waals surface area contributed by atoms with Gasteiger partial charge in [0.2, 0.25) is 0 Å². The molecule has 0 saturated carbocycles. The fraction of sp³-hybridized carbons (Fsp3) is 0.200. The van der Waals surface area contributed by atoms with Crippen molar-refractivity contribution >= 4 is 47.0 Å². The first kappa shape index (κ1) is 24.2. The lowest BCUT2D eigenvalue weighted by atomic mass is 9.71. The number of thioether (sulfide) groups is 4. The van der Waals surface area contributed by atoms with Crippen LogP contribution in [0.2, 0.25) is 0 Å². The van der Waals surface area contributed by atoms with E-state index in [1.807, 2.05) is 0 Å². The molecule has 0 amide bonds. The second kappa shape index (κ2) is 9.97. The van der Waals surface area contributed by atoms with E-state index < -0.39 is 0 Å². The molecule has 2 aliphatic heterocycles. The topological polar surface area (TPSA) is 18.5 Å². The highest BCUT2D eigenvalue weighted by molar-refractivity contribution is 7.99. The van der Waals surface area contributed by atoms with E-state index in [2.05, 4.69) is 97.8 Å². The van der Waals surface area contributed by atoms with Crippen molar-refractivity contribution < 1.29 is 9.47 Å². The van der Waals surface area contributed by atoms with Gasteiger partial charge >= 0.3 is 0 Å². The number of hydrogen-bond donors (Lipinski definition) is 0. The van der Waals surface area contributed by atoms with Crippen molar-refractivity contribution in [2.45, 2.75) is 31.4 Å². The first-order valence-corrected chi connectivity index (χ1v) is 16.6. The summed E-state index contributed by atoms with van der Waals surface area (Å²) in [4.78, 5) is 4.83. The fourth-order valence-electron chi connectivity index (χ4n) is 5.24. The Balaban J connectivity index is 1.62. The molecule has 0 aliphatic carbocycles. The largest absolute Gasteiger partial charge is 0.457 e. The van der Waals surface area contributed by atoms with Gasteiger partial charge in [-0.1, -0.05) is 24.3 Å². The molecule has 182 valence electrons. The van der Waals surface area contributed by atoms with Crippen LogP contribution in [-0.2, 0) is 0 Å². The first-order chi connectivity index (χ1) is 17.6. The molecule has 4 aromatic carbocycles. The van der Waals surface area contributed by atoms with Crippen molar-refractivity contribution in [1.29, 1.82) is 0 Å². The van der Waals surface area contributed by atoms with Gasteiger partial charge in [-0.25, -0.2) is 0 Å². The molecule has 0 aromatic heterocycles. The van der Waals surface area contributed by atoms with E-state index >= 15 is 0 Å². The first-order valence-electron chi connectivity index (χ1n) is 11.7. The van der Waals surface area contributed by atoms with Crippen LogP contribution in [0.5, 0.6) is 23.0 Å². The van der Waals surface area contributed by atoms with Crippen LogP contribution >= 0.6 is 47.0 Å². The zero-order chi connectivity index (χ0) is 24.8. The summed E-state index contributed by atoms with van der Waals surface area (Å²) in [6.45, 7) is 0. The zero-order valence-electron chi connectivity index (χ0n) is 20.5. The third kappa shape index (κ3) is 4.12. The lowest BCUT2D eigenvalue weighted by Gasteiger charge is -2.38. The summed E-state index contributed by atoms with van der Waals surface area (Å²) in [6.07, 6.45) is 8.44. The van der Waals surface area contributed by atoms with Crippen molar-refractivity contribution in [3.63, 3.8) is 0 Å². The van der Waals surface area contributed by atoms with Crippen molar-refractivity contribution in [2.24, 2.45) is 0 Å². The number of benzene rings is 4. The minimum atomic E-state index is 0.109. The van der Waals surface area contributed by atoms with Gasteiger partial charge in [-0.3, -0.25) is 0 Å². The maximum Gasteiger partial charge on any atom is 0.132 e. The van der Waals surface area contributed by atoms with Gasteiger partial charge in [0, 0.05) is 53.7 Å². The lowest BCUT2D eigenvalue weighted by Crippen LogP contribution is -2.22. The van der Waals surface area contributed by atoms with E-state index in [1.54, 1.807) is 47.0 Å². The molecule has 2 nitrogen and oxygen atoms in total. The number of hydrogen-bond acceptors (Lipinski definition) is 6. The van der Waals surface area contributed by atoms with Crippen LogP contribution in [0.4, 0.5) is 0 Å². The second-order valence-electron chi connectivity index (χ2n) is 8.77. The standard InChI is InChI=1S/C30H26O2S4/c1-33-17-5-9-21-25(13-17)31-26-14-18(34-2)6-10-22(26)29(21)30-23-11-7-19(35-3)15-27(23)32-28-16-20(36-4)8-12-24(28)30/h5-16,29-30H,1-4H3. The van der Waals surface area contributed by atoms with Gasteiger partial charge < -0.3 is 9.47 Å². The highest BCUT2D eigenvalue weighted by Gasteiger charge is 2.40. The predicted octanol–water partition coefficient (Wildman–Crippen LogP) is 9.75. The highest BCUT2D eigenvalue weighted by atomic mass is 32.2. The summed E-state index contributed by atoms with van der Waals surface area (Å²) in [7, 11) is 0. The summed E-state index contributed by atoms with van der Waals surface area (Å²) in [5.74, 6) is 4.03. The SMILES string of the molecule is CSc1ccc2c(c1)Oc1cc(SC)ccc1C2C1c2ccc(SC)cc2Oc2cc(SC)ccc21. The smallest absolute Gasteiger partial charge is 0.132 e. The maximum absolute atomic E-state index is 6.57. The Bertz CT molecular complexity index is 1250. The molecule has 6 heteroatoms. The van der Waals surface area contributed by atoms with Gasteiger partial charge in [-0.2, -0.15) is 0 Å². The minimum absolute atomic E-state index is 0.109. The molecule has 0 atom stereocenters. The predicted molar refractivity (Wildman–Crippen MR) is 157 cm³/mol. The van der Waals surface area contributed by atoms with E-state index in [-0.39, 0.29) is 11.8 Å². The monoisotopic (exact) mass is 546 g/mol. The summed E-state index contributed by atoms with van der Waals surface area (Å²) >= 11 is 6.98. The molecule has 0 bridgehead atoms. The molecule has 36 heavy (non-hydrogen) atoms. The Kier molecular flexibility index (Phi) is 6.71. The fourth-order valence-corrected chi connectivity index (χ4v) is 6.95. The van der Waals surface area contributed by atoms with Crippen molar-refractivity contribution in [3.8, 4) is 23.0 Å². The van der Waals surface area contributed by atoms with Crippen LogP contribution in [0.1, 0.15) is 34.1 Å². The van der Waals surface area contributed by atoms with Crippen LogP contribution in [0.25, 0.3) is 0 Å². The van der Waals surface area contributed by atoms with Crippen molar-refractivity contribution in [1.82, 2.24) is 0 Å². The molecule has 4 aromatic rings. The molecule has 6 rings (SSSR count). The summed E-state index contributed by atoms with van der Waals surface area (Å²) in [5.41, 5.74) is 4.90. The van der Waals surface area contributed by atoms with Gasteiger partial charge in [-0.05, 0) is 73.6 Å². The van der Waals surface area contributed by atoms with Gasteiger partial charge in [-0.15, -0.1) is 47.0 Å². The number of fused-ring (bicyclic) bond motifs is 4. The quantitative estimate of drug-likeness (QED) is 0.230. The molecular weight excluding hydrogens is 521 g/mol. The van der Waals surface area contributed by atoms with E-state index in [4.69, 9.17) is 9.47 Å². The molecule has 0 saturated heterocycles. The lowest BCUT2D eigenvalue weighted by molar-refractivity contribution is 0.410. The molecule has 0 spiro atoms. The summed E-state index contributed by atoms with van der Waals surface area (Å²) in [6, 6.07) is 26.7.